The Kier molecular flexibility index (Phi) is 4.40. The fourth-order valence-electron chi connectivity index (χ4n) is 2.61. The molecule has 0 aromatic heterocycles. The van der Waals surface area contributed by atoms with E-state index in [9.17, 15) is 14.7 Å². The lowest BCUT2D eigenvalue weighted by Crippen LogP contribution is -2.54. The highest BCUT2D eigenvalue weighted by atomic mass is 32.2. The van der Waals surface area contributed by atoms with E-state index in [2.05, 4.69) is 5.32 Å². The van der Waals surface area contributed by atoms with Crippen molar-refractivity contribution in [3.05, 3.63) is 0 Å². The molecule has 0 saturated carbocycles. The highest BCUT2D eigenvalue weighted by Gasteiger charge is 2.45. The van der Waals surface area contributed by atoms with Crippen molar-refractivity contribution in [3.8, 4) is 0 Å². The van der Waals surface area contributed by atoms with E-state index in [1.165, 1.54) is 0 Å². The molecule has 3 unspecified atom stereocenters. The maximum absolute atomic E-state index is 12.6. The fraction of sp³-hybridized carbons (Fsp3) is 0.846. The van der Waals surface area contributed by atoms with Gasteiger partial charge < -0.3 is 15.3 Å². The van der Waals surface area contributed by atoms with Gasteiger partial charge in [-0.25, -0.2) is 4.79 Å². The summed E-state index contributed by atoms with van der Waals surface area (Å²) in [6.07, 6.45) is 0. The minimum atomic E-state index is -0.886. The van der Waals surface area contributed by atoms with Gasteiger partial charge in [-0.3, -0.25) is 4.79 Å². The number of thioether (sulfide) groups is 1. The number of carbonyl (C=O) groups is 2. The summed E-state index contributed by atoms with van der Waals surface area (Å²) in [5.41, 5.74) is 0. The van der Waals surface area contributed by atoms with E-state index in [-0.39, 0.29) is 23.1 Å². The Morgan fingerprint density at radius 1 is 1.32 bits per heavy atom. The molecule has 2 saturated heterocycles. The Morgan fingerprint density at radius 3 is 2.37 bits per heavy atom. The molecule has 19 heavy (non-hydrogen) atoms. The molecule has 0 aliphatic carbocycles. The van der Waals surface area contributed by atoms with Crippen molar-refractivity contribution in [3.63, 3.8) is 0 Å². The van der Waals surface area contributed by atoms with Gasteiger partial charge in [0.2, 0.25) is 5.91 Å². The summed E-state index contributed by atoms with van der Waals surface area (Å²) >= 11 is 1.59. The van der Waals surface area contributed by atoms with Gasteiger partial charge >= 0.3 is 5.97 Å². The van der Waals surface area contributed by atoms with Crippen LogP contribution in [0, 0.1) is 17.8 Å². The number of carboxylic acid groups (broad SMARTS) is 1. The van der Waals surface area contributed by atoms with Crippen molar-refractivity contribution < 1.29 is 14.7 Å². The van der Waals surface area contributed by atoms with Crippen LogP contribution in [0.15, 0.2) is 0 Å². The molecule has 2 rings (SSSR count). The van der Waals surface area contributed by atoms with Crippen molar-refractivity contribution >= 4 is 23.6 Å². The monoisotopic (exact) mass is 286 g/mol. The van der Waals surface area contributed by atoms with Crippen molar-refractivity contribution in [2.24, 2.45) is 17.8 Å². The fourth-order valence-corrected chi connectivity index (χ4v) is 4.09. The second kappa shape index (κ2) is 5.71. The predicted octanol–water partition coefficient (Wildman–Crippen LogP) is 0.853. The highest BCUT2D eigenvalue weighted by Crippen LogP contribution is 2.36. The Balaban J connectivity index is 2.15. The summed E-state index contributed by atoms with van der Waals surface area (Å²) in [6.45, 7) is 7.72. The van der Waals surface area contributed by atoms with Gasteiger partial charge in [-0.1, -0.05) is 20.8 Å². The molecular formula is C13H22N2O3S. The lowest BCUT2D eigenvalue weighted by molar-refractivity contribution is -0.152. The van der Waals surface area contributed by atoms with Gasteiger partial charge in [0.1, 0.15) is 6.04 Å². The summed E-state index contributed by atoms with van der Waals surface area (Å²) < 4.78 is 0. The molecule has 0 aromatic carbocycles. The number of aliphatic carboxylic acids is 1. The molecule has 2 N–H and O–H groups in total. The Bertz CT molecular complexity index is 371. The normalized spacial score (nSPS) is 29.4. The first-order chi connectivity index (χ1) is 8.93. The van der Waals surface area contributed by atoms with Crippen molar-refractivity contribution in [2.75, 3.05) is 18.8 Å². The first kappa shape index (κ1) is 14.7. The smallest absolute Gasteiger partial charge is 0.327 e. The first-order valence-electron chi connectivity index (χ1n) is 6.80. The van der Waals surface area contributed by atoms with Gasteiger partial charge in [0, 0.05) is 11.7 Å². The SMILES string of the molecule is CC(C)C1SCC(C(=O)O)N1C(=O)C(C)C1CNC1. The average molecular weight is 286 g/mol. The van der Waals surface area contributed by atoms with Crippen molar-refractivity contribution in [1.29, 1.82) is 0 Å². The van der Waals surface area contributed by atoms with Gasteiger partial charge in [0.15, 0.2) is 0 Å². The number of carboxylic acids is 1. The second-order valence-electron chi connectivity index (χ2n) is 5.77. The zero-order valence-electron chi connectivity index (χ0n) is 11.6. The minimum absolute atomic E-state index is 0.00241. The molecular weight excluding hydrogens is 264 g/mol. The van der Waals surface area contributed by atoms with E-state index in [0.29, 0.717) is 11.7 Å². The van der Waals surface area contributed by atoms with E-state index in [1.807, 2.05) is 20.8 Å². The topological polar surface area (TPSA) is 69.6 Å². The predicted molar refractivity (Wildman–Crippen MR) is 74.9 cm³/mol. The molecule has 2 heterocycles. The summed E-state index contributed by atoms with van der Waals surface area (Å²) in [7, 11) is 0. The molecule has 1 amide bonds. The molecule has 5 nitrogen and oxygen atoms in total. The third-order valence-electron chi connectivity index (χ3n) is 4.05. The summed E-state index contributed by atoms with van der Waals surface area (Å²) in [5.74, 6) is 0.137. The minimum Gasteiger partial charge on any atom is -0.480 e. The Hall–Kier alpha value is -0.750. The van der Waals surface area contributed by atoms with Crippen LogP contribution < -0.4 is 5.32 Å². The van der Waals surface area contributed by atoms with E-state index < -0.39 is 12.0 Å². The van der Waals surface area contributed by atoms with Crippen LogP contribution in [0.25, 0.3) is 0 Å². The molecule has 6 heteroatoms. The molecule has 108 valence electrons. The van der Waals surface area contributed by atoms with E-state index in [1.54, 1.807) is 16.7 Å². The standard InChI is InChI=1S/C13H22N2O3S/c1-7(2)12-15(10(6-19-12)13(17)18)11(16)8(3)9-4-14-5-9/h7-10,12,14H,4-6H2,1-3H3,(H,17,18). The van der Waals surface area contributed by atoms with Crippen LogP contribution in [0.2, 0.25) is 0 Å². The Labute approximate surface area is 118 Å². The quantitative estimate of drug-likeness (QED) is 0.802. The number of hydrogen-bond acceptors (Lipinski definition) is 4. The van der Waals surface area contributed by atoms with Crippen LogP contribution in [-0.2, 0) is 9.59 Å². The molecule has 0 bridgehead atoms. The zero-order valence-corrected chi connectivity index (χ0v) is 12.4. The molecule has 0 aromatic rings. The third-order valence-corrected chi connectivity index (χ3v) is 5.68. The number of nitrogens with one attached hydrogen (secondary N) is 1. The lowest BCUT2D eigenvalue weighted by Gasteiger charge is -2.37. The third kappa shape index (κ3) is 2.74. The van der Waals surface area contributed by atoms with Gasteiger partial charge in [-0.05, 0) is 24.9 Å². The molecule has 2 aliphatic rings. The van der Waals surface area contributed by atoms with Gasteiger partial charge in [0.05, 0.1) is 5.37 Å². The molecule has 0 spiro atoms. The summed E-state index contributed by atoms with van der Waals surface area (Å²) in [4.78, 5) is 25.6. The van der Waals surface area contributed by atoms with E-state index >= 15 is 0 Å². The average Bonchev–Trinajstić information content (AvgIpc) is 2.69. The zero-order chi connectivity index (χ0) is 14.2. The molecule has 0 radical (unpaired) electrons. The van der Waals surface area contributed by atoms with Crippen molar-refractivity contribution in [2.45, 2.75) is 32.2 Å². The van der Waals surface area contributed by atoms with Crippen LogP contribution in [0.5, 0.6) is 0 Å². The van der Waals surface area contributed by atoms with Gasteiger partial charge in [0.25, 0.3) is 0 Å². The second-order valence-corrected chi connectivity index (χ2v) is 6.92. The molecule has 3 atom stereocenters. The molecule has 2 fully saturated rings. The number of nitrogens with zero attached hydrogens (tertiary/aromatic N) is 1. The van der Waals surface area contributed by atoms with E-state index in [4.69, 9.17) is 0 Å². The van der Waals surface area contributed by atoms with Gasteiger partial charge in [-0.2, -0.15) is 0 Å². The summed E-state index contributed by atoms with van der Waals surface area (Å²) in [5, 5.41) is 12.5. The highest BCUT2D eigenvalue weighted by molar-refractivity contribution is 8.00. The van der Waals surface area contributed by atoms with Gasteiger partial charge in [-0.15, -0.1) is 11.8 Å². The maximum Gasteiger partial charge on any atom is 0.327 e. The molecule has 2 aliphatic heterocycles. The van der Waals surface area contributed by atoms with Crippen LogP contribution in [0.4, 0.5) is 0 Å². The number of amides is 1. The van der Waals surface area contributed by atoms with Crippen LogP contribution >= 0.6 is 11.8 Å². The maximum atomic E-state index is 12.6. The lowest BCUT2D eigenvalue weighted by atomic mass is 9.87. The van der Waals surface area contributed by atoms with Crippen molar-refractivity contribution in [1.82, 2.24) is 10.2 Å². The number of hydrogen-bond donors (Lipinski definition) is 2. The van der Waals surface area contributed by atoms with Crippen LogP contribution in [-0.4, -0.2) is 52.1 Å². The number of carbonyl (C=O) groups excluding carboxylic acids is 1. The first-order valence-corrected chi connectivity index (χ1v) is 7.85. The van der Waals surface area contributed by atoms with E-state index in [0.717, 1.165) is 13.1 Å². The van der Waals surface area contributed by atoms with Crippen LogP contribution in [0.1, 0.15) is 20.8 Å². The Morgan fingerprint density at radius 2 is 1.95 bits per heavy atom. The summed E-state index contributed by atoms with van der Waals surface area (Å²) in [6, 6.07) is -0.666. The van der Waals surface area contributed by atoms with Crippen LogP contribution in [0.3, 0.4) is 0 Å². The largest absolute Gasteiger partial charge is 0.480 e. The number of rotatable bonds is 4.